The second-order valence-corrected chi connectivity index (χ2v) is 7.46. The van der Waals surface area contributed by atoms with Crippen LogP contribution in [0.1, 0.15) is 29.5 Å². The van der Waals surface area contributed by atoms with Crippen LogP contribution in [0.4, 0.5) is 14.6 Å². The predicted octanol–water partition coefficient (Wildman–Crippen LogP) is 3.92. The van der Waals surface area contributed by atoms with E-state index in [1.165, 1.54) is 15.4 Å². The summed E-state index contributed by atoms with van der Waals surface area (Å²) in [4.78, 5) is 29.0. The monoisotopic (exact) mass is 437 g/mol. The first-order valence-corrected chi connectivity index (χ1v) is 10.1. The van der Waals surface area contributed by atoms with Gasteiger partial charge in [-0.2, -0.15) is 5.10 Å². The lowest BCUT2D eigenvalue weighted by Gasteiger charge is -2.09. The molecule has 3 heterocycles. The number of nitrogens with zero attached hydrogens (tertiary/aromatic N) is 4. The van der Waals surface area contributed by atoms with E-state index in [4.69, 9.17) is 0 Å². The highest BCUT2D eigenvalue weighted by molar-refractivity contribution is 5.89. The number of carbonyl (C=O) groups is 1. The lowest BCUT2D eigenvalue weighted by molar-refractivity contribution is -0.116. The maximum absolute atomic E-state index is 13.6. The SMILES string of the molecule is Cc1ccnc(NC(=O)CCn2c(=O)cc(C(F)F)c3cn(Cc4ccccc4)nc32)c1. The molecule has 0 aliphatic heterocycles. The minimum absolute atomic E-state index is 0.00114. The number of carbonyl (C=O) groups excluding carboxylic acids is 1. The number of hydrogen-bond donors (Lipinski definition) is 1. The van der Waals surface area contributed by atoms with Crippen LogP contribution < -0.4 is 10.9 Å². The van der Waals surface area contributed by atoms with Gasteiger partial charge in [0.25, 0.3) is 12.0 Å². The van der Waals surface area contributed by atoms with E-state index < -0.39 is 12.0 Å². The molecule has 0 atom stereocenters. The number of alkyl halides is 2. The fraction of sp³-hybridized carbons (Fsp3) is 0.217. The second-order valence-electron chi connectivity index (χ2n) is 7.46. The summed E-state index contributed by atoms with van der Waals surface area (Å²) in [5, 5.41) is 7.26. The van der Waals surface area contributed by atoms with Crippen LogP contribution in [0.3, 0.4) is 0 Å². The van der Waals surface area contributed by atoms with Gasteiger partial charge < -0.3 is 5.32 Å². The Labute approximate surface area is 182 Å². The van der Waals surface area contributed by atoms with Gasteiger partial charge in [-0.15, -0.1) is 0 Å². The number of nitrogens with one attached hydrogen (secondary N) is 1. The fourth-order valence-corrected chi connectivity index (χ4v) is 3.48. The van der Waals surface area contributed by atoms with E-state index in [1.807, 2.05) is 43.3 Å². The quantitative estimate of drug-likeness (QED) is 0.475. The number of amides is 1. The third-order valence-electron chi connectivity index (χ3n) is 5.02. The Bertz CT molecular complexity index is 1320. The number of aromatic nitrogens is 4. The van der Waals surface area contributed by atoms with E-state index in [0.29, 0.717) is 12.4 Å². The maximum atomic E-state index is 13.6. The van der Waals surface area contributed by atoms with Crippen LogP contribution in [0, 0.1) is 6.92 Å². The highest BCUT2D eigenvalue weighted by Gasteiger charge is 2.19. The summed E-state index contributed by atoms with van der Waals surface area (Å²) in [6.07, 6.45) is 0.243. The molecule has 3 aromatic heterocycles. The van der Waals surface area contributed by atoms with E-state index >= 15 is 0 Å². The molecule has 0 spiro atoms. The van der Waals surface area contributed by atoms with Crippen molar-refractivity contribution in [3.05, 3.63) is 88.0 Å². The molecule has 0 fully saturated rings. The molecule has 0 saturated heterocycles. The third kappa shape index (κ3) is 4.72. The van der Waals surface area contributed by atoms with Gasteiger partial charge in [-0.1, -0.05) is 30.3 Å². The summed E-state index contributed by atoms with van der Waals surface area (Å²) in [6, 6.07) is 13.9. The maximum Gasteiger partial charge on any atom is 0.264 e. The molecule has 32 heavy (non-hydrogen) atoms. The Morgan fingerprint density at radius 2 is 1.94 bits per heavy atom. The van der Waals surface area contributed by atoms with Gasteiger partial charge >= 0.3 is 0 Å². The summed E-state index contributed by atoms with van der Waals surface area (Å²) in [5.41, 5.74) is 1.02. The van der Waals surface area contributed by atoms with Crippen molar-refractivity contribution in [1.82, 2.24) is 19.3 Å². The van der Waals surface area contributed by atoms with E-state index in [1.54, 1.807) is 12.3 Å². The van der Waals surface area contributed by atoms with Crippen molar-refractivity contribution < 1.29 is 13.6 Å². The van der Waals surface area contributed by atoms with Crippen LogP contribution in [0.15, 0.2) is 65.7 Å². The molecule has 0 unspecified atom stereocenters. The highest BCUT2D eigenvalue weighted by Crippen LogP contribution is 2.26. The molecule has 9 heteroatoms. The van der Waals surface area contributed by atoms with Gasteiger partial charge in [-0.25, -0.2) is 13.8 Å². The van der Waals surface area contributed by atoms with E-state index in [-0.39, 0.29) is 35.5 Å². The zero-order valence-corrected chi connectivity index (χ0v) is 17.3. The first kappa shape index (κ1) is 21.4. The molecule has 0 radical (unpaired) electrons. The molecule has 7 nitrogen and oxygen atoms in total. The topological polar surface area (TPSA) is 81.8 Å². The Morgan fingerprint density at radius 1 is 1.16 bits per heavy atom. The van der Waals surface area contributed by atoms with Gasteiger partial charge in [0.05, 0.1) is 6.54 Å². The van der Waals surface area contributed by atoms with Gasteiger partial charge in [-0.3, -0.25) is 18.8 Å². The summed E-state index contributed by atoms with van der Waals surface area (Å²) in [7, 11) is 0. The molecule has 0 bridgehead atoms. The van der Waals surface area contributed by atoms with Crippen molar-refractivity contribution in [2.75, 3.05) is 5.32 Å². The summed E-state index contributed by atoms with van der Waals surface area (Å²) >= 11 is 0. The first-order chi connectivity index (χ1) is 15.4. The number of pyridine rings is 2. The van der Waals surface area contributed by atoms with Crippen LogP contribution in [0.2, 0.25) is 0 Å². The van der Waals surface area contributed by atoms with E-state index in [9.17, 15) is 18.4 Å². The van der Waals surface area contributed by atoms with Crippen molar-refractivity contribution in [2.24, 2.45) is 0 Å². The summed E-state index contributed by atoms with van der Waals surface area (Å²) in [6.45, 7) is 2.24. The number of halogens is 2. The number of fused-ring (bicyclic) bond motifs is 1. The molecule has 0 saturated carbocycles. The predicted molar refractivity (Wildman–Crippen MR) is 117 cm³/mol. The molecule has 4 aromatic rings. The average molecular weight is 437 g/mol. The van der Waals surface area contributed by atoms with Crippen molar-refractivity contribution >= 4 is 22.8 Å². The minimum atomic E-state index is -2.81. The first-order valence-electron chi connectivity index (χ1n) is 10.1. The number of rotatable bonds is 7. The largest absolute Gasteiger partial charge is 0.311 e. The molecular weight excluding hydrogens is 416 g/mol. The van der Waals surface area contributed by atoms with Crippen LogP contribution in [-0.2, 0) is 17.9 Å². The summed E-state index contributed by atoms with van der Waals surface area (Å²) < 4.78 is 29.9. The molecule has 1 N–H and O–H groups in total. The van der Waals surface area contributed by atoms with Crippen LogP contribution >= 0.6 is 0 Å². The average Bonchev–Trinajstić information content (AvgIpc) is 3.16. The van der Waals surface area contributed by atoms with Crippen molar-refractivity contribution in [3.63, 3.8) is 0 Å². The van der Waals surface area contributed by atoms with Gasteiger partial charge in [0.1, 0.15) is 5.82 Å². The highest BCUT2D eigenvalue weighted by atomic mass is 19.3. The normalized spacial score (nSPS) is 11.2. The van der Waals surface area contributed by atoms with E-state index in [0.717, 1.165) is 17.2 Å². The van der Waals surface area contributed by atoms with Crippen LogP contribution in [0.25, 0.3) is 11.0 Å². The number of anilines is 1. The molecule has 4 rings (SSSR count). The van der Waals surface area contributed by atoms with Gasteiger partial charge in [-0.05, 0) is 30.2 Å². The van der Waals surface area contributed by atoms with Gasteiger partial charge in [0.2, 0.25) is 5.91 Å². The van der Waals surface area contributed by atoms with Crippen LogP contribution in [-0.4, -0.2) is 25.2 Å². The Hall–Kier alpha value is -3.88. The molecule has 1 amide bonds. The lowest BCUT2D eigenvalue weighted by Crippen LogP contribution is -2.24. The van der Waals surface area contributed by atoms with Crippen molar-refractivity contribution in [2.45, 2.75) is 32.9 Å². The standard InChI is InChI=1S/C23H21F2N5O2/c1-15-7-9-26-19(11-15)27-20(31)8-10-30-21(32)12-17(22(24)25)18-14-29(28-23(18)30)13-16-5-3-2-4-6-16/h2-7,9,11-12,14,22H,8,10,13H2,1H3,(H,26,27,31). The Kier molecular flexibility index (Phi) is 6.07. The molecule has 0 aliphatic rings. The third-order valence-corrected chi connectivity index (χ3v) is 5.02. The van der Waals surface area contributed by atoms with Crippen LogP contribution in [0.5, 0.6) is 0 Å². The zero-order chi connectivity index (χ0) is 22.7. The van der Waals surface area contributed by atoms with Gasteiger partial charge in [0.15, 0.2) is 5.65 Å². The minimum Gasteiger partial charge on any atom is -0.311 e. The fourth-order valence-electron chi connectivity index (χ4n) is 3.48. The summed E-state index contributed by atoms with van der Waals surface area (Å²) in [5.74, 6) is 0.0671. The molecule has 0 aliphatic carbocycles. The van der Waals surface area contributed by atoms with Crippen molar-refractivity contribution in [3.8, 4) is 0 Å². The van der Waals surface area contributed by atoms with E-state index in [2.05, 4.69) is 15.4 Å². The lowest BCUT2D eigenvalue weighted by atomic mass is 10.2. The number of aryl methyl sites for hydroxylation is 2. The Morgan fingerprint density at radius 3 is 2.66 bits per heavy atom. The zero-order valence-electron chi connectivity index (χ0n) is 17.3. The molecular formula is C23H21F2N5O2. The second kappa shape index (κ2) is 9.09. The number of hydrogen-bond acceptors (Lipinski definition) is 4. The van der Waals surface area contributed by atoms with Gasteiger partial charge in [0, 0.05) is 42.4 Å². The van der Waals surface area contributed by atoms with Crippen molar-refractivity contribution in [1.29, 1.82) is 0 Å². The molecule has 1 aromatic carbocycles. The molecule has 164 valence electrons. The smallest absolute Gasteiger partial charge is 0.264 e. The number of benzene rings is 1. The Balaban J connectivity index is 1.61.